The molecule has 0 aliphatic rings. The highest BCUT2D eigenvalue weighted by Crippen LogP contribution is 2.23. The maximum atomic E-state index is 11.9. The number of rotatable bonds is 7. The van der Waals surface area contributed by atoms with E-state index in [1.54, 1.807) is 6.92 Å². The summed E-state index contributed by atoms with van der Waals surface area (Å²) in [5.41, 5.74) is 7.52. The van der Waals surface area contributed by atoms with Crippen molar-refractivity contribution in [3.05, 3.63) is 35.4 Å². The number of hydrogen-bond acceptors (Lipinski definition) is 2. The molecule has 0 heterocycles. The normalized spacial score (nSPS) is 15.0. The van der Waals surface area contributed by atoms with Crippen LogP contribution in [0.1, 0.15) is 64.1 Å². The van der Waals surface area contributed by atoms with E-state index in [-0.39, 0.29) is 18.0 Å². The molecule has 128 valence electrons. The summed E-state index contributed by atoms with van der Waals surface area (Å²) in [6.07, 6.45) is 1.11. The second-order valence-electron chi connectivity index (χ2n) is 6.58. The van der Waals surface area contributed by atoms with E-state index in [2.05, 4.69) is 57.3 Å². The zero-order valence-corrected chi connectivity index (χ0v) is 14.8. The third kappa shape index (κ3) is 5.67. The van der Waals surface area contributed by atoms with Crippen LogP contribution in [0.3, 0.4) is 0 Å². The first-order valence-corrected chi connectivity index (χ1v) is 8.31. The molecule has 0 bridgehead atoms. The van der Waals surface area contributed by atoms with E-state index in [0.717, 1.165) is 6.42 Å². The van der Waals surface area contributed by atoms with Crippen LogP contribution < -0.4 is 16.4 Å². The average Bonchev–Trinajstić information content (AvgIpc) is 2.50. The molecule has 0 radical (unpaired) electrons. The highest BCUT2D eigenvalue weighted by molar-refractivity contribution is 5.95. The van der Waals surface area contributed by atoms with Crippen molar-refractivity contribution in [3.8, 4) is 0 Å². The van der Waals surface area contributed by atoms with E-state index in [9.17, 15) is 9.59 Å². The summed E-state index contributed by atoms with van der Waals surface area (Å²) in [5, 5.41) is 4.13. The number of benzene rings is 1. The molecule has 3 atom stereocenters. The number of carbonyl (C=O) groups is 2. The highest BCUT2D eigenvalue weighted by Gasteiger charge is 2.26. The van der Waals surface area contributed by atoms with Gasteiger partial charge in [0.2, 0.25) is 0 Å². The molecule has 0 unspecified atom stereocenters. The van der Waals surface area contributed by atoms with Crippen LogP contribution in [0.2, 0.25) is 0 Å². The molecule has 0 aliphatic carbocycles. The first kappa shape index (κ1) is 19.2. The van der Waals surface area contributed by atoms with E-state index in [1.807, 2.05) is 5.32 Å². The lowest BCUT2D eigenvalue weighted by molar-refractivity contribution is -0.719. The van der Waals surface area contributed by atoms with E-state index in [0.29, 0.717) is 11.8 Å². The van der Waals surface area contributed by atoms with Gasteiger partial charge in [-0.25, -0.2) is 4.79 Å². The van der Waals surface area contributed by atoms with Gasteiger partial charge in [-0.3, -0.25) is 10.1 Å². The predicted molar refractivity (Wildman–Crippen MR) is 91.8 cm³/mol. The minimum Gasteiger partial charge on any atom is -0.351 e. The van der Waals surface area contributed by atoms with Crippen LogP contribution in [0.15, 0.2) is 24.3 Å². The van der Waals surface area contributed by atoms with Crippen LogP contribution in [0, 0.1) is 5.92 Å². The van der Waals surface area contributed by atoms with Gasteiger partial charge in [-0.15, -0.1) is 0 Å². The Kier molecular flexibility index (Phi) is 7.23. The molecule has 0 fully saturated rings. The van der Waals surface area contributed by atoms with Crippen molar-refractivity contribution >= 4 is 11.9 Å². The van der Waals surface area contributed by atoms with Gasteiger partial charge in [0.15, 0.2) is 6.04 Å². The number of urea groups is 1. The third-order valence-corrected chi connectivity index (χ3v) is 4.38. The Morgan fingerprint density at radius 3 is 2.04 bits per heavy atom. The summed E-state index contributed by atoms with van der Waals surface area (Å²) in [7, 11) is 0. The second kappa shape index (κ2) is 8.67. The smallest absolute Gasteiger partial charge is 0.319 e. The molecule has 0 aliphatic heterocycles. The quantitative estimate of drug-likeness (QED) is 0.718. The van der Waals surface area contributed by atoms with E-state index < -0.39 is 6.03 Å². The van der Waals surface area contributed by atoms with Crippen LogP contribution in [-0.2, 0) is 4.79 Å². The van der Waals surface area contributed by atoms with Crippen LogP contribution in [0.4, 0.5) is 4.79 Å². The third-order valence-electron chi connectivity index (χ3n) is 4.38. The standard InChI is InChI=1S/C18H29N3O2/c1-6-12(4)14-7-9-15(10-8-14)16(11(2)3)20-13(5)17(22)21-18(19)23/h7-13,16,20H,6H2,1-5H3,(H3,19,21,22,23)/p+1/t12-,13-,16-/m0/s1. The largest absolute Gasteiger partial charge is 0.351 e. The minimum atomic E-state index is -0.811. The summed E-state index contributed by atoms with van der Waals surface area (Å²) in [4.78, 5) is 22.7. The van der Waals surface area contributed by atoms with Gasteiger partial charge >= 0.3 is 6.03 Å². The lowest BCUT2D eigenvalue weighted by atomic mass is 9.91. The summed E-state index contributed by atoms with van der Waals surface area (Å²) in [5.74, 6) is 0.540. The van der Waals surface area contributed by atoms with Crippen molar-refractivity contribution in [1.82, 2.24) is 5.32 Å². The van der Waals surface area contributed by atoms with Crippen LogP contribution in [0.5, 0.6) is 0 Å². The molecule has 5 heteroatoms. The number of nitrogens with one attached hydrogen (secondary N) is 1. The minimum absolute atomic E-state index is 0.148. The maximum Gasteiger partial charge on any atom is 0.319 e. The monoisotopic (exact) mass is 320 g/mol. The lowest BCUT2D eigenvalue weighted by Crippen LogP contribution is -2.93. The second-order valence-corrected chi connectivity index (χ2v) is 6.58. The summed E-state index contributed by atoms with van der Waals surface area (Å²) < 4.78 is 0. The molecule has 23 heavy (non-hydrogen) atoms. The summed E-state index contributed by atoms with van der Waals surface area (Å²) >= 11 is 0. The van der Waals surface area contributed by atoms with Gasteiger partial charge in [0, 0.05) is 11.5 Å². The first-order valence-electron chi connectivity index (χ1n) is 8.31. The number of carbonyl (C=O) groups excluding carboxylic acids is 2. The van der Waals surface area contributed by atoms with E-state index >= 15 is 0 Å². The molecule has 1 aromatic rings. The van der Waals surface area contributed by atoms with Gasteiger partial charge in [-0.2, -0.15) is 0 Å². The number of hydrogen-bond donors (Lipinski definition) is 3. The van der Waals surface area contributed by atoms with Crippen LogP contribution in [0.25, 0.3) is 0 Å². The van der Waals surface area contributed by atoms with Crippen molar-refractivity contribution < 1.29 is 14.9 Å². The van der Waals surface area contributed by atoms with Crippen LogP contribution in [-0.4, -0.2) is 18.0 Å². The zero-order chi connectivity index (χ0) is 17.6. The Morgan fingerprint density at radius 1 is 1.09 bits per heavy atom. The molecular weight excluding hydrogens is 290 g/mol. The average molecular weight is 320 g/mol. The molecule has 0 spiro atoms. The first-order chi connectivity index (χ1) is 10.8. The molecule has 5 N–H and O–H groups in total. The Bertz CT molecular complexity index is 526. The fourth-order valence-electron chi connectivity index (χ4n) is 2.63. The SMILES string of the molecule is CC[C@H](C)c1ccc([C@@H]([NH2+][C@@H](C)C(=O)NC(N)=O)C(C)C)cc1. The van der Waals surface area contributed by atoms with Crippen molar-refractivity contribution in [3.63, 3.8) is 0 Å². The molecular formula is C18H30N3O2+. The predicted octanol–water partition coefficient (Wildman–Crippen LogP) is 2.04. The lowest BCUT2D eigenvalue weighted by Gasteiger charge is -2.23. The van der Waals surface area contributed by atoms with E-state index in [1.165, 1.54) is 11.1 Å². The fourth-order valence-corrected chi connectivity index (χ4v) is 2.63. The van der Waals surface area contributed by atoms with Crippen LogP contribution >= 0.6 is 0 Å². The number of quaternary nitrogens is 1. The number of imide groups is 1. The zero-order valence-electron chi connectivity index (χ0n) is 14.8. The Morgan fingerprint density at radius 2 is 1.61 bits per heavy atom. The Hall–Kier alpha value is -1.88. The molecule has 0 saturated heterocycles. The Balaban J connectivity index is 2.86. The molecule has 5 nitrogen and oxygen atoms in total. The van der Waals surface area contributed by atoms with Gasteiger partial charge in [0.25, 0.3) is 5.91 Å². The molecule has 1 rings (SSSR count). The molecule has 1 aromatic carbocycles. The summed E-state index contributed by atoms with van der Waals surface area (Å²) in [6.45, 7) is 10.4. The van der Waals surface area contributed by atoms with E-state index in [4.69, 9.17) is 5.73 Å². The van der Waals surface area contributed by atoms with Gasteiger partial charge in [-0.05, 0) is 24.8 Å². The van der Waals surface area contributed by atoms with Crippen molar-refractivity contribution in [2.45, 2.75) is 59.0 Å². The molecule has 3 amide bonds. The van der Waals surface area contributed by atoms with Gasteiger partial charge in [0.05, 0.1) is 0 Å². The van der Waals surface area contributed by atoms with Crippen molar-refractivity contribution in [2.24, 2.45) is 11.7 Å². The van der Waals surface area contributed by atoms with Gasteiger partial charge in [-0.1, -0.05) is 52.0 Å². The Labute approximate surface area is 139 Å². The highest BCUT2D eigenvalue weighted by atomic mass is 16.2. The number of primary amides is 1. The number of amides is 3. The fraction of sp³-hybridized carbons (Fsp3) is 0.556. The van der Waals surface area contributed by atoms with Crippen molar-refractivity contribution in [1.29, 1.82) is 0 Å². The van der Waals surface area contributed by atoms with Gasteiger partial charge in [0.1, 0.15) is 6.04 Å². The van der Waals surface area contributed by atoms with Gasteiger partial charge < -0.3 is 11.1 Å². The number of nitrogens with two attached hydrogens (primary N) is 2. The molecule has 0 saturated carbocycles. The van der Waals surface area contributed by atoms with Crippen molar-refractivity contribution in [2.75, 3.05) is 0 Å². The maximum absolute atomic E-state index is 11.9. The topological polar surface area (TPSA) is 88.8 Å². The molecule has 0 aromatic heterocycles. The summed E-state index contributed by atoms with van der Waals surface area (Å²) in [6, 6.07) is 7.57.